The van der Waals surface area contributed by atoms with Crippen molar-refractivity contribution in [1.82, 2.24) is 19.9 Å². The first-order valence-electron chi connectivity index (χ1n) is 12.8. The van der Waals surface area contributed by atoms with Crippen molar-refractivity contribution >= 4 is 22.8 Å². The highest BCUT2D eigenvalue weighted by molar-refractivity contribution is 6.00. The van der Waals surface area contributed by atoms with Crippen LogP contribution >= 0.6 is 0 Å². The highest BCUT2D eigenvalue weighted by Gasteiger charge is 2.32. The zero-order valence-corrected chi connectivity index (χ0v) is 21.5. The summed E-state index contributed by atoms with van der Waals surface area (Å²) in [4.78, 5) is 20.9. The third-order valence-corrected chi connectivity index (χ3v) is 6.89. The number of nitrogens with one attached hydrogen (secondary N) is 1. The average Bonchev–Trinajstić information content (AvgIpc) is 3.30. The van der Waals surface area contributed by atoms with Gasteiger partial charge in [0.1, 0.15) is 36.8 Å². The van der Waals surface area contributed by atoms with Gasteiger partial charge in [0, 0.05) is 31.5 Å². The van der Waals surface area contributed by atoms with E-state index >= 15 is 0 Å². The molecule has 2 aromatic heterocycles. The summed E-state index contributed by atoms with van der Waals surface area (Å²) in [6, 6.07) is 18.4. The molecule has 0 unspecified atom stereocenters. The fourth-order valence-electron chi connectivity index (χ4n) is 4.81. The number of hydrogen-bond acceptors (Lipinski definition) is 7. The predicted molar refractivity (Wildman–Crippen MR) is 146 cm³/mol. The second-order valence-corrected chi connectivity index (χ2v) is 9.55. The summed E-state index contributed by atoms with van der Waals surface area (Å²) in [6.45, 7) is 2.06. The Morgan fingerprint density at radius 2 is 1.95 bits per heavy atom. The van der Waals surface area contributed by atoms with E-state index in [0.717, 1.165) is 46.3 Å². The van der Waals surface area contributed by atoms with Crippen molar-refractivity contribution in [3.63, 3.8) is 0 Å². The van der Waals surface area contributed by atoms with E-state index in [0.29, 0.717) is 38.1 Å². The molecule has 1 fully saturated rings. The number of methoxy groups -OCH3 is 1. The zero-order chi connectivity index (χ0) is 26.3. The molecule has 1 saturated carbocycles. The number of rotatable bonds is 12. The summed E-state index contributed by atoms with van der Waals surface area (Å²) in [5.74, 6) is 1.54. The second-order valence-electron chi connectivity index (χ2n) is 9.55. The summed E-state index contributed by atoms with van der Waals surface area (Å²) in [6.07, 6.45) is 5.52. The molecule has 1 amide bonds. The number of anilines is 1. The lowest BCUT2D eigenvalue weighted by atomic mass is 9.80. The van der Waals surface area contributed by atoms with Crippen molar-refractivity contribution in [2.75, 3.05) is 39.2 Å². The van der Waals surface area contributed by atoms with E-state index in [1.165, 1.54) is 6.33 Å². The van der Waals surface area contributed by atoms with Crippen molar-refractivity contribution in [2.24, 2.45) is 5.92 Å². The highest BCUT2D eigenvalue weighted by Crippen LogP contribution is 2.42. The number of carbonyl (C=O) groups excluding carboxylic acids is 1. The predicted octanol–water partition coefficient (Wildman–Crippen LogP) is 3.99. The Morgan fingerprint density at radius 3 is 2.76 bits per heavy atom. The first kappa shape index (κ1) is 25.7. The van der Waals surface area contributed by atoms with Crippen LogP contribution in [-0.2, 0) is 20.9 Å². The molecule has 9 nitrogen and oxygen atoms in total. The fraction of sp³-hybridized carbons (Fsp3) is 0.345. The van der Waals surface area contributed by atoms with Crippen LogP contribution in [0.4, 0.5) is 5.82 Å². The first-order chi connectivity index (χ1) is 18.6. The van der Waals surface area contributed by atoms with E-state index in [1.807, 2.05) is 48.5 Å². The van der Waals surface area contributed by atoms with Gasteiger partial charge in [-0.15, -0.1) is 0 Å². The Morgan fingerprint density at radius 1 is 1.11 bits per heavy atom. The van der Waals surface area contributed by atoms with Gasteiger partial charge in [0.2, 0.25) is 5.91 Å². The molecule has 0 spiro atoms. The molecule has 0 saturated heterocycles. The van der Waals surface area contributed by atoms with Crippen LogP contribution in [0.3, 0.4) is 0 Å². The van der Waals surface area contributed by atoms with Crippen LogP contribution in [0.15, 0.2) is 67.1 Å². The normalized spacial score (nSPS) is 16.8. The molecule has 2 heterocycles. The van der Waals surface area contributed by atoms with Crippen molar-refractivity contribution in [1.29, 1.82) is 0 Å². The van der Waals surface area contributed by atoms with Crippen LogP contribution in [0.25, 0.3) is 22.2 Å². The van der Waals surface area contributed by atoms with E-state index < -0.39 is 0 Å². The van der Waals surface area contributed by atoms with Crippen LogP contribution in [0.2, 0.25) is 0 Å². The molecule has 2 aromatic carbocycles. The molecule has 1 aliphatic carbocycles. The summed E-state index contributed by atoms with van der Waals surface area (Å²) < 4.78 is 18.5. The van der Waals surface area contributed by atoms with Gasteiger partial charge in [-0.05, 0) is 42.0 Å². The number of aromatic nitrogens is 3. The number of nitrogens with two attached hydrogens (primary N) is 1. The molecule has 1 aliphatic rings. The summed E-state index contributed by atoms with van der Waals surface area (Å²) in [5.41, 5.74) is 10.3. The highest BCUT2D eigenvalue weighted by atomic mass is 16.5. The number of fused-ring (bicyclic) bond motifs is 1. The molecule has 198 valence electrons. The van der Waals surface area contributed by atoms with Gasteiger partial charge in [-0.25, -0.2) is 9.97 Å². The molecule has 3 N–H and O–H groups in total. The monoisotopic (exact) mass is 515 g/mol. The van der Waals surface area contributed by atoms with Gasteiger partial charge < -0.3 is 29.8 Å². The number of amides is 1. The molecule has 0 bridgehead atoms. The quantitative estimate of drug-likeness (QED) is 0.274. The lowest BCUT2D eigenvalue weighted by Gasteiger charge is -2.36. The average molecular weight is 516 g/mol. The first-order valence-corrected chi connectivity index (χ1v) is 12.8. The van der Waals surface area contributed by atoms with Crippen molar-refractivity contribution in [3.8, 4) is 16.9 Å². The minimum atomic E-state index is -0.104. The molecule has 4 aromatic rings. The van der Waals surface area contributed by atoms with Crippen LogP contribution in [-0.4, -0.2) is 53.9 Å². The molecule has 9 heteroatoms. The zero-order valence-electron chi connectivity index (χ0n) is 21.5. The number of ether oxygens (including phenoxy) is 3. The van der Waals surface area contributed by atoms with Gasteiger partial charge >= 0.3 is 0 Å². The topological polar surface area (TPSA) is 114 Å². The minimum absolute atomic E-state index is 0.0510. The molecule has 0 aliphatic heterocycles. The van der Waals surface area contributed by atoms with Crippen LogP contribution < -0.4 is 15.8 Å². The smallest absolute Gasteiger partial charge is 0.246 e. The molecule has 38 heavy (non-hydrogen) atoms. The summed E-state index contributed by atoms with van der Waals surface area (Å²) in [5, 5.41) is 3.81. The molecular formula is C29H33N5O4. The van der Waals surface area contributed by atoms with E-state index in [-0.39, 0.29) is 18.6 Å². The summed E-state index contributed by atoms with van der Waals surface area (Å²) >= 11 is 0. The molecular weight excluding hydrogens is 482 g/mol. The van der Waals surface area contributed by atoms with Gasteiger partial charge in [-0.1, -0.05) is 42.5 Å². The van der Waals surface area contributed by atoms with Gasteiger partial charge in [0.25, 0.3) is 0 Å². The Bertz CT molecular complexity index is 1370. The third kappa shape index (κ3) is 5.95. The Labute approximate surface area is 221 Å². The lowest BCUT2D eigenvalue weighted by Crippen LogP contribution is -2.38. The molecule has 0 radical (unpaired) electrons. The second kappa shape index (κ2) is 12.1. The van der Waals surface area contributed by atoms with Crippen LogP contribution in [0.1, 0.15) is 24.4 Å². The lowest BCUT2D eigenvalue weighted by molar-refractivity contribution is -0.126. The Kier molecular flexibility index (Phi) is 8.15. The van der Waals surface area contributed by atoms with Gasteiger partial charge in [0.05, 0.1) is 18.6 Å². The summed E-state index contributed by atoms with van der Waals surface area (Å²) in [7, 11) is 1.60. The molecule has 0 atom stereocenters. The maximum Gasteiger partial charge on any atom is 0.246 e. The van der Waals surface area contributed by atoms with Gasteiger partial charge in [-0.3, -0.25) is 4.79 Å². The molecule has 5 rings (SSSR count). The SMILES string of the molecule is COCCOCC(=O)NCC1CC(n2cc(-c3cccc(OCc4ccccc4)c3)c3c(N)ncnc32)C1. The van der Waals surface area contributed by atoms with Gasteiger partial charge in [-0.2, -0.15) is 0 Å². The van der Waals surface area contributed by atoms with Gasteiger partial charge in [0.15, 0.2) is 0 Å². The van der Waals surface area contributed by atoms with Crippen LogP contribution in [0.5, 0.6) is 5.75 Å². The number of nitrogen functional groups attached to an aromatic ring is 1. The largest absolute Gasteiger partial charge is 0.489 e. The van der Waals surface area contributed by atoms with Crippen molar-refractivity contribution in [2.45, 2.75) is 25.5 Å². The van der Waals surface area contributed by atoms with E-state index in [1.54, 1.807) is 7.11 Å². The Hall–Kier alpha value is -3.95. The number of carbonyl (C=O) groups is 1. The minimum Gasteiger partial charge on any atom is -0.489 e. The van der Waals surface area contributed by atoms with E-state index in [9.17, 15) is 4.79 Å². The maximum absolute atomic E-state index is 12.0. The third-order valence-electron chi connectivity index (χ3n) is 6.89. The van der Waals surface area contributed by atoms with Crippen molar-refractivity contribution < 1.29 is 19.0 Å². The maximum atomic E-state index is 12.0. The van der Waals surface area contributed by atoms with Crippen molar-refractivity contribution in [3.05, 3.63) is 72.7 Å². The van der Waals surface area contributed by atoms with E-state index in [4.69, 9.17) is 19.9 Å². The standard InChI is InChI=1S/C29H33N5O4/c1-36-10-11-37-18-26(35)31-15-21-12-23(13-21)34-16-25(27-28(30)32-19-33-29(27)34)22-8-5-9-24(14-22)38-17-20-6-3-2-4-7-20/h2-9,14,16,19,21,23H,10-13,15,17-18H2,1H3,(H,31,35)(H2,30,32,33). The number of benzene rings is 2. The number of hydrogen-bond donors (Lipinski definition) is 2. The van der Waals surface area contributed by atoms with E-state index in [2.05, 4.69) is 32.1 Å². The fourth-order valence-corrected chi connectivity index (χ4v) is 4.81. The number of nitrogens with zero attached hydrogens (tertiary/aromatic N) is 3. The van der Waals surface area contributed by atoms with Crippen LogP contribution in [0, 0.1) is 5.92 Å². The Balaban J connectivity index is 1.26.